The predicted molar refractivity (Wildman–Crippen MR) is 64.8 cm³/mol. The topological polar surface area (TPSA) is 79.5 Å². The molecule has 6 heteroatoms. The van der Waals surface area contributed by atoms with Gasteiger partial charge in [-0.25, -0.2) is 4.79 Å². The maximum Gasteiger partial charge on any atom is 0.326 e. The number of carbonyl (C=O) groups is 2. The molecule has 0 radical (unpaired) electrons. The first-order chi connectivity index (χ1) is 7.90. The highest BCUT2D eigenvalue weighted by molar-refractivity contribution is 9.10. The number of amides is 1. The Morgan fingerprint density at radius 1 is 1.53 bits per heavy atom. The Morgan fingerprint density at radius 3 is 2.59 bits per heavy atom. The predicted octanol–water partition coefficient (Wildman–Crippen LogP) is 2.27. The molecule has 1 heterocycles. The van der Waals surface area contributed by atoms with E-state index in [0.717, 1.165) is 0 Å². The van der Waals surface area contributed by atoms with Crippen molar-refractivity contribution in [3.05, 3.63) is 22.6 Å². The van der Waals surface area contributed by atoms with E-state index < -0.39 is 17.9 Å². The van der Waals surface area contributed by atoms with Crippen LogP contribution in [0.2, 0.25) is 0 Å². The number of halogens is 1. The van der Waals surface area contributed by atoms with Crippen molar-refractivity contribution in [3.8, 4) is 0 Å². The van der Waals surface area contributed by atoms with Crippen LogP contribution in [0.25, 0.3) is 0 Å². The van der Waals surface area contributed by atoms with Crippen molar-refractivity contribution in [2.45, 2.75) is 26.3 Å². The second-order valence-corrected chi connectivity index (χ2v) is 4.91. The normalized spacial score (nSPS) is 12.5. The Bertz CT molecular complexity index is 413. The molecule has 0 bridgehead atoms. The summed E-state index contributed by atoms with van der Waals surface area (Å²) in [5.74, 6) is -1.30. The molecule has 0 spiro atoms. The zero-order valence-electron chi connectivity index (χ0n) is 9.57. The maximum absolute atomic E-state index is 11.7. The first-order valence-electron chi connectivity index (χ1n) is 5.18. The van der Waals surface area contributed by atoms with Gasteiger partial charge in [0, 0.05) is 6.07 Å². The smallest absolute Gasteiger partial charge is 0.326 e. The molecule has 1 amide bonds. The van der Waals surface area contributed by atoms with E-state index in [0.29, 0.717) is 16.7 Å². The molecular formula is C11H14BrNO4. The fraction of sp³-hybridized carbons (Fsp3) is 0.455. The summed E-state index contributed by atoms with van der Waals surface area (Å²) >= 11 is 3.07. The van der Waals surface area contributed by atoms with Crippen LogP contribution < -0.4 is 5.32 Å². The van der Waals surface area contributed by atoms with Gasteiger partial charge in [-0.3, -0.25) is 4.79 Å². The number of nitrogens with one attached hydrogen (secondary N) is 1. The van der Waals surface area contributed by atoms with Crippen LogP contribution in [0.1, 0.15) is 30.6 Å². The van der Waals surface area contributed by atoms with Crippen molar-refractivity contribution in [1.29, 1.82) is 0 Å². The number of aliphatic carboxylic acids is 1. The van der Waals surface area contributed by atoms with E-state index >= 15 is 0 Å². The second kappa shape index (κ2) is 5.86. The molecule has 1 atom stereocenters. The Kier molecular flexibility index (Phi) is 4.74. The van der Waals surface area contributed by atoms with Crippen molar-refractivity contribution in [2.75, 3.05) is 0 Å². The molecular weight excluding hydrogens is 290 g/mol. The molecule has 5 nitrogen and oxygen atoms in total. The zero-order chi connectivity index (χ0) is 13.0. The van der Waals surface area contributed by atoms with Gasteiger partial charge in [0.25, 0.3) is 5.91 Å². The first kappa shape index (κ1) is 13.8. The molecule has 94 valence electrons. The zero-order valence-corrected chi connectivity index (χ0v) is 11.2. The summed E-state index contributed by atoms with van der Waals surface area (Å²) < 4.78 is 5.35. The van der Waals surface area contributed by atoms with Gasteiger partial charge in [0.15, 0.2) is 4.67 Å². The third kappa shape index (κ3) is 4.22. The van der Waals surface area contributed by atoms with Crippen LogP contribution in [0.3, 0.4) is 0 Å². The molecule has 0 saturated carbocycles. The summed E-state index contributed by atoms with van der Waals surface area (Å²) in [6.07, 6.45) is 1.66. The standard InChI is InChI=1S/C11H14BrNO4/c1-6(2)3-8(11(15)16)13-10(14)7-4-9(12)17-5-7/h4-6,8H,3H2,1-2H3,(H,13,14)(H,15,16). The number of rotatable bonds is 5. The van der Waals surface area contributed by atoms with Gasteiger partial charge in [0.1, 0.15) is 12.3 Å². The van der Waals surface area contributed by atoms with E-state index in [4.69, 9.17) is 9.52 Å². The van der Waals surface area contributed by atoms with E-state index in [1.54, 1.807) is 0 Å². The van der Waals surface area contributed by atoms with Gasteiger partial charge in [-0.15, -0.1) is 0 Å². The SMILES string of the molecule is CC(C)CC(NC(=O)c1coc(Br)c1)C(=O)O. The minimum Gasteiger partial charge on any atom is -0.480 e. The number of hydrogen-bond donors (Lipinski definition) is 2. The lowest BCUT2D eigenvalue weighted by molar-refractivity contribution is -0.139. The van der Waals surface area contributed by atoms with E-state index in [1.807, 2.05) is 13.8 Å². The van der Waals surface area contributed by atoms with Crippen molar-refractivity contribution in [3.63, 3.8) is 0 Å². The summed E-state index contributed by atoms with van der Waals surface area (Å²) in [6, 6.07) is 0.611. The quantitative estimate of drug-likeness (QED) is 0.874. The molecule has 1 aromatic heterocycles. The number of carbonyl (C=O) groups excluding carboxylic acids is 1. The van der Waals surface area contributed by atoms with Gasteiger partial charge in [0.2, 0.25) is 0 Å². The molecule has 0 aliphatic heterocycles. The molecule has 1 rings (SSSR count). The summed E-state index contributed by atoms with van der Waals surface area (Å²) in [6.45, 7) is 3.80. The highest BCUT2D eigenvalue weighted by atomic mass is 79.9. The lowest BCUT2D eigenvalue weighted by atomic mass is 10.0. The second-order valence-electron chi connectivity index (χ2n) is 4.13. The summed E-state index contributed by atoms with van der Waals surface area (Å²) in [4.78, 5) is 22.7. The molecule has 1 unspecified atom stereocenters. The van der Waals surface area contributed by atoms with Gasteiger partial charge >= 0.3 is 5.97 Å². The van der Waals surface area contributed by atoms with Crippen LogP contribution in [0.4, 0.5) is 0 Å². The molecule has 0 fully saturated rings. The Morgan fingerprint density at radius 2 is 2.18 bits per heavy atom. The van der Waals surface area contributed by atoms with E-state index in [-0.39, 0.29) is 5.92 Å². The molecule has 0 aromatic carbocycles. The van der Waals surface area contributed by atoms with Gasteiger partial charge in [0.05, 0.1) is 5.56 Å². The Balaban J connectivity index is 2.67. The molecule has 2 N–H and O–H groups in total. The summed E-state index contributed by atoms with van der Waals surface area (Å²) in [5, 5.41) is 11.4. The van der Waals surface area contributed by atoms with Crippen molar-refractivity contribution in [2.24, 2.45) is 5.92 Å². The van der Waals surface area contributed by atoms with Crippen molar-refractivity contribution in [1.82, 2.24) is 5.32 Å². The molecule has 1 aromatic rings. The number of carboxylic acids is 1. The number of carboxylic acid groups (broad SMARTS) is 1. The lowest BCUT2D eigenvalue weighted by Crippen LogP contribution is -2.41. The first-order valence-corrected chi connectivity index (χ1v) is 5.97. The third-order valence-electron chi connectivity index (χ3n) is 2.14. The van der Waals surface area contributed by atoms with Gasteiger partial charge < -0.3 is 14.8 Å². The van der Waals surface area contributed by atoms with Crippen LogP contribution in [0, 0.1) is 5.92 Å². The molecule has 17 heavy (non-hydrogen) atoms. The maximum atomic E-state index is 11.7. The van der Waals surface area contributed by atoms with E-state index in [2.05, 4.69) is 21.2 Å². The van der Waals surface area contributed by atoms with Crippen LogP contribution in [-0.4, -0.2) is 23.0 Å². The Labute approximate surface area is 107 Å². The number of hydrogen-bond acceptors (Lipinski definition) is 3. The fourth-order valence-electron chi connectivity index (χ4n) is 1.36. The monoisotopic (exact) mass is 303 g/mol. The van der Waals surface area contributed by atoms with Crippen molar-refractivity contribution < 1.29 is 19.1 Å². The fourth-order valence-corrected chi connectivity index (χ4v) is 1.70. The van der Waals surface area contributed by atoms with Crippen LogP contribution in [0.5, 0.6) is 0 Å². The summed E-state index contributed by atoms with van der Waals surface area (Å²) in [7, 11) is 0. The van der Waals surface area contributed by atoms with Crippen LogP contribution in [0.15, 0.2) is 21.4 Å². The van der Waals surface area contributed by atoms with E-state index in [1.165, 1.54) is 12.3 Å². The Hall–Kier alpha value is -1.30. The van der Waals surface area contributed by atoms with Gasteiger partial charge in [-0.1, -0.05) is 13.8 Å². The highest BCUT2D eigenvalue weighted by Crippen LogP contribution is 2.14. The molecule has 0 aliphatic carbocycles. The largest absolute Gasteiger partial charge is 0.480 e. The lowest BCUT2D eigenvalue weighted by Gasteiger charge is -2.15. The van der Waals surface area contributed by atoms with Crippen molar-refractivity contribution >= 4 is 27.8 Å². The van der Waals surface area contributed by atoms with E-state index in [9.17, 15) is 9.59 Å². The average molecular weight is 304 g/mol. The highest BCUT2D eigenvalue weighted by Gasteiger charge is 2.22. The molecule has 0 aliphatic rings. The van der Waals surface area contributed by atoms with Crippen LogP contribution in [-0.2, 0) is 4.79 Å². The van der Waals surface area contributed by atoms with Crippen LogP contribution >= 0.6 is 15.9 Å². The molecule has 0 saturated heterocycles. The third-order valence-corrected chi connectivity index (χ3v) is 2.56. The minimum atomic E-state index is -1.03. The summed E-state index contributed by atoms with van der Waals surface area (Å²) in [5.41, 5.74) is 0.298. The average Bonchev–Trinajstić information content (AvgIpc) is 2.63. The van der Waals surface area contributed by atoms with Gasteiger partial charge in [-0.2, -0.15) is 0 Å². The number of furan rings is 1. The van der Waals surface area contributed by atoms with Gasteiger partial charge in [-0.05, 0) is 28.3 Å². The minimum absolute atomic E-state index is 0.187.